The second kappa shape index (κ2) is 6.31. The van der Waals surface area contributed by atoms with Crippen LogP contribution in [0.1, 0.15) is 5.56 Å². The minimum atomic E-state index is -0.268. The summed E-state index contributed by atoms with van der Waals surface area (Å²) in [5.74, 6) is 0. The molecule has 1 aromatic carbocycles. The molecule has 0 heterocycles. The van der Waals surface area contributed by atoms with Crippen LogP contribution in [0.15, 0.2) is 24.3 Å². The average Bonchev–Trinajstić information content (AvgIpc) is 2.26. The van der Waals surface area contributed by atoms with Crippen LogP contribution in [-0.4, -0.2) is 17.0 Å². The average molecular weight is 333 g/mol. The van der Waals surface area contributed by atoms with Gasteiger partial charge in [-0.2, -0.15) is 0 Å². The lowest BCUT2D eigenvalue weighted by Gasteiger charge is -2.06. The Hall–Kier alpha value is -1.31. The van der Waals surface area contributed by atoms with Gasteiger partial charge in [0.15, 0.2) is 0 Å². The van der Waals surface area contributed by atoms with Crippen molar-refractivity contribution in [1.82, 2.24) is 10.6 Å². The van der Waals surface area contributed by atoms with Crippen LogP contribution in [-0.2, 0) is 6.54 Å². The highest BCUT2D eigenvalue weighted by Crippen LogP contribution is 2.10. The number of urea groups is 1. The summed E-state index contributed by atoms with van der Waals surface area (Å²) in [5.41, 5.74) is 1.62. The van der Waals surface area contributed by atoms with Gasteiger partial charge in [-0.1, -0.05) is 12.1 Å². The maximum atomic E-state index is 11.1. The topological polar surface area (TPSA) is 70.2 Å². The summed E-state index contributed by atoms with van der Waals surface area (Å²) in [5, 5.41) is 7.79. The number of halogens is 1. The van der Waals surface area contributed by atoms with Gasteiger partial charge in [0.2, 0.25) is 0 Å². The van der Waals surface area contributed by atoms with Crippen molar-refractivity contribution in [3.05, 3.63) is 29.8 Å². The summed E-state index contributed by atoms with van der Waals surface area (Å²) >= 11 is 1.67. The number of carbonyl (C=O) groups excluding carboxylic acids is 2. The first-order valence-corrected chi connectivity index (χ1v) is 5.70. The largest absolute Gasteiger partial charge is 0.343 e. The van der Waals surface area contributed by atoms with Crippen molar-refractivity contribution in [2.45, 2.75) is 6.54 Å². The van der Waals surface area contributed by atoms with E-state index in [-0.39, 0.29) is 9.95 Å². The van der Waals surface area contributed by atoms with Gasteiger partial charge in [0, 0.05) is 41.9 Å². The van der Waals surface area contributed by atoms with Gasteiger partial charge < -0.3 is 16.0 Å². The van der Waals surface area contributed by atoms with Crippen LogP contribution in [0.3, 0.4) is 0 Å². The summed E-state index contributed by atoms with van der Waals surface area (Å²) < 4.78 is -0.109. The van der Waals surface area contributed by atoms with E-state index in [4.69, 9.17) is 0 Å². The lowest BCUT2D eigenvalue weighted by atomic mass is 10.2. The summed E-state index contributed by atoms with van der Waals surface area (Å²) in [4.78, 5) is 21.8. The molecule has 0 unspecified atom stereocenters. The number of anilines is 1. The molecule has 0 atom stereocenters. The van der Waals surface area contributed by atoms with Gasteiger partial charge in [-0.3, -0.25) is 4.79 Å². The Kier molecular flexibility index (Phi) is 5.03. The fourth-order valence-corrected chi connectivity index (χ4v) is 1.31. The second-order valence-electron chi connectivity index (χ2n) is 3.03. The maximum absolute atomic E-state index is 11.1. The normalized spacial score (nSPS) is 9.38. The van der Waals surface area contributed by atoms with E-state index in [1.807, 2.05) is 18.2 Å². The molecule has 0 bridgehead atoms. The zero-order valence-electron chi connectivity index (χ0n) is 8.71. The van der Waals surface area contributed by atoms with E-state index in [0.29, 0.717) is 12.2 Å². The third kappa shape index (κ3) is 4.47. The Labute approximate surface area is 107 Å². The van der Waals surface area contributed by atoms with Gasteiger partial charge in [0.1, 0.15) is 0 Å². The molecule has 0 aromatic heterocycles. The molecule has 0 saturated carbocycles. The fourth-order valence-electron chi connectivity index (χ4n) is 1.12. The smallest absolute Gasteiger partial charge is 0.318 e. The van der Waals surface area contributed by atoms with Crippen LogP contribution in [0.2, 0.25) is 0 Å². The molecule has 0 aliphatic carbocycles. The molecule has 0 aliphatic rings. The Morgan fingerprint density at radius 3 is 2.75 bits per heavy atom. The van der Waals surface area contributed by atoms with Crippen LogP contribution in [0.25, 0.3) is 0 Å². The van der Waals surface area contributed by atoms with Crippen LogP contribution in [0.5, 0.6) is 0 Å². The van der Waals surface area contributed by atoms with E-state index < -0.39 is 0 Å². The van der Waals surface area contributed by atoms with Crippen LogP contribution < -0.4 is 16.0 Å². The number of carbonyl (C=O) groups is 2. The SMILES string of the molecule is CNC(=O)Nc1cccc(CNC(=O)I)c1. The van der Waals surface area contributed by atoms with Crippen molar-refractivity contribution in [2.75, 3.05) is 12.4 Å². The van der Waals surface area contributed by atoms with Crippen molar-refractivity contribution in [1.29, 1.82) is 0 Å². The molecule has 6 heteroatoms. The van der Waals surface area contributed by atoms with Gasteiger partial charge in [-0.25, -0.2) is 4.79 Å². The van der Waals surface area contributed by atoms with Gasteiger partial charge in [-0.05, 0) is 17.7 Å². The van der Waals surface area contributed by atoms with Crippen molar-refractivity contribution in [3.63, 3.8) is 0 Å². The fraction of sp³-hybridized carbons (Fsp3) is 0.200. The predicted octanol–water partition coefficient (Wildman–Crippen LogP) is 2.08. The monoisotopic (exact) mass is 333 g/mol. The second-order valence-corrected chi connectivity index (χ2v) is 4.01. The molecule has 86 valence electrons. The summed E-state index contributed by atoms with van der Waals surface area (Å²) in [6.07, 6.45) is 0. The van der Waals surface area contributed by atoms with Crippen LogP contribution in [0.4, 0.5) is 15.3 Å². The number of hydrogen-bond donors (Lipinski definition) is 3. The van der Waals surface area contributed by atoms with Gasteiger partial charge >= 0.3 is 6.03 Å². The van der Waals surface area contributed by atoms with Gasteiger partial charge in [0.05, 0.1) is 0 Å². The maximum Gasteiger partial charge on any atom is 0.318 e. The quantitative estimate of drug-likeness (QED) is 0.450. The zero-order valence-corrected chi connectivity index (χ0v) is 10.9. The number of nitrogens with one attached hydrogen (secondary N) is 3. The third-order valence-electron chi connectivity index (χ3n) is 1.84. The molecular formula is C10H12IN3O2. The van der Waals surface area contributed by atoms with E-state index in [2.05, 4.69) is 16.0 Å². The van der Waals surface area contributed by atoms with Crippen molar-refractivity contribution in [2.24, 2.45) is 0 Å². The molecule has 0 fully saturated rings. The number of amides is 3. The minimum Gasteiger partial charge on any atom is -0.343 e. The van der Waals surface area contributed by atoms with Crippen molar-refractivity contribution < 1.29 is 9.59 Å². The number of hydrogen-bond acceptors (Lipinski definition) is 2. The standard InChI is InChI=1S/C10H12IN3O2/c1-12-10(16)14-8-4-2-3-7(5-8)6-13-9(11)15/h2-5H,6H2,1H3,(H,13,15)(H2,12,14,16). The van der Waals surface area contributed by atoms with Crippen LogP contribution >= 0.6 is 22.6 Å². The molecule has 5 nitrogen and oxygen atoms in total. The first-order valence-electron chi connectivity index (χ1n) is 4.63. The first-order chi connectivity index (χ1) is 7.61. The first kappa shape index (κ1) is 12.8. The summed E-state index contributed by atoms with van der Waals surface area (Å²) in [6.45, 7) is 0.449. The highest BCUT2D eigenvalue weighted by atomic mass is 127. The van der Waals surface area contributed by atoms with Gasteiger partial charge in [0.25, 0.3) is 3.91 Å². The van der Waals surface area contributed by atoms with Gasteiger partial charge in [-0.15, -0.1) is 0 Å². The molecule has 0 saturated heterocycles. The zero-order chi connectivity index (χ0) is 12.0. The minimum absolute atomic E-state index is 0.109. The Morgan fingerprint density at radius 2 is 2.12 bits per heavy atom. The predicted molar refractivity (Wildman–Crippen MR) is 70.8 cm³/mol. The molecule has 3 amide bonds. The van der Waals surface area contributed by atoms with E-state index in [1.54, 1.807) is 35.7 Å². The van der Waals surface area contributed by atoms with Crippen molar-refractivity contribution in [3.8, 4) is 0 Å². The lowest BCUT2D eigenvalue weighted by molar-refractivity contribution is 0.254. The molecule has 0 radical (unpaired) electrons. The molecule has 0 aliphatic heterocycles. The molecule has 3 N–H and O–H groups in total. The molecule has 0 spiro atoms. The van der Waals surface area contributed by atoms with E-state index in [1.165, 1.54) is 0 Å². The summed E-state index contributed by atoms with van der Waals surface area (Å²) in [6, 6.07) is 7.02. The van der Waals surface area contributed by atoms with Crippen molar-refractivity contribution >= 4 is 38.2 Å². The molecular weight excluding hydrogens is 321 g/mol. The van der Waals surface area contributed by atoms with E-state index >= 15 is 0 Å². The Balaban J connectivity index is 2.63. The third-order valence-corrected chi connectivity index (χ3v) is 2.22. The van der Waals surface area contributed by atoms with E-state index in [0.717, 1.165) is 5.56 Å². The lowest BCUT2D eigenvalue weighted by Crippen LogP contribution is -2.24. The molecule has 1 rings (SSSR count). The molecule has 1 aromatic rings. The number of benzene rings is 1. The van der Waals surface area contributed by atoms with Crippen LogP contribution in [0, 0.1) is 0 Å². The highest BCUT2D eigenvalue weighted by Gasteiger charge is 2.00. The molecule has 16 heavy (non-hydrogen) atoms. The highest BCUT2D eigenvalue weighted by molar-refractivity contribution is 14.1. The Morgan fingerprint density at radius 1 is 1.38 bits per heavy atom. The summed E-state index contributed by atoms with van der Waals surface area (Å²) in [7, 11) is 1.55. The Bertz CT molecular complexity index is 395. The van der Waals surface area contributed by atoms with E-state index in [9.17, 15) is 9.59 Å². The number of rotatable bonds is 3.